The standard InChI is InChI=1S/C31H33F3O11/c1-16(35)41-23-20(42-24(36)17-10-7-6-8-11-17)15-28(4,39)30-22(44-26(38)31(32,33)34)18(27(2,3)45-30)14-21(29(23,30)5)43-25(37)19-12-9-13-40-19/h6-13,18,20-23,39H,14-15H2,1-5H3/t18?,20-,21-,22+,23-,28-,29+,30?/m0/s1. The third-order valence-corrected chi connectivity index (χ3v) is 9.35. The zero-order chi connectivity index (χ0) is 33.2. The first kappa shape index (κ1) is 32.5. The molecule has 1 spiro atoms. The summed E-state index contributed by atoms with van der Waals surface area (Å²) in [5.41, 5.74) is -7.77. The summed E-state index contributed by atoms with van der Waals surface area (Å²) in [5.74, 6) is -6.47. The van der Waals surface area contributed by atoms with Crippen LogP contribution < -0.4 is 0 Å². The van der Waals surface area contributed by atoms with Gasteiger partial charge in [0, 0.05) is 19.3 Å². The molecular formula is C31H33F3O11. The number of hydrogen-bond donors (Lipinski definition) is 1. The summed E-state index contributed by atoms with van der Waals surface area (Å²) in [5, 5.41) is 12.3. The van der Waals surface area contributed by atoms with Crippen LogP contribution in [-0.4, -0.2) is 76.4 Å². The molecule has 1 aromatic heterocycles. The summed E-state index contributed by atoms with van der Waals surface area (Å²) in [6, 6.07) is 10.6. The Balaban J connectivity index is 1.70. The van der Waals surface area contributed by atoms with Crippen molar-refractivity contribution >= 4 is 23.9 Å². The van der Waals surface area contributed by atoms with Gasteiger partial charge in [-0.05, 0) is 58.4 Å². The molecule has 3 aliphatic rings. The normalized spacial score (nSPS) is 35.1. The zero-order valence-corrected chi connectivity index (χ0v) is 25.1. The Kier molecular flexibility index (Phi) is 7.84. The molecule has 5 rings (SSSR count). The van der Waals surface area contributed by atoms with Crippen molar-refractivity contribution in [3.05, 3.63) is 60.1 Å². The highest BCUT2D eigenvalue weighted by atomic mass is 19.4. The molecule has 2 aliphatic carbocycles. The number of alkyl halides is 3. The first-order valence-electron chi connectivity index (χ1n) is 14.2. The molecule has 1 N–H and O–H groups in total. The third kappa shape index (κ3) is 5.17. The van der Waals surface area contributed by atoms with Crippen LogP contribution in [0.25, 0.3) is 0 Å². The summed E-state index contributed by atoms with van der Waals surface area (Å²) >= 11 is 0. The summed E-state index contributed by atoms with van der Waals surface area (Å²) < 4.78 is 75.2. The molecule has 244 valence electrons. The Morgan fingerprint density at radius 1 is 0.889 bits per heavy atom. The van der Waals surface area contributed by atoms with Crippen molar-refractivity contribution in [1.29, 1.82) is 0 Å². The smallest absolute Gasteiger partial charge is 0.458 e. The van der Waals surface area contributed by atoms with Gasteiger partial charge in [-0.25, -0.2) is 14.4 Å². The molecule has 2 saturated carbocycles. The van der Waals surface area contributed by atoms with E-state index in [4.69, 9.17) is 28.1 Å². The predicted molar refractivity (Wildman–Crippen MR) is 144 cm³/mol. The Bertz CT molecular complexity index is 1470. The van der Waals surface area contributed by atoms with Gasteiger partial charge in [-0.1, -0.05) is 18.2 Å². The second-order valence-electron chi connectivity index (χ2n) is 12.6. The Hall–Kier alpha value is -3.91. The van der Waals surface area contributed by atoms with Gasteiger partial charge in [-0.15, -0.1) is 0 Å². The van der Waals surface area contributed by atoms with Crippen LogP contribution in [-0.2, 0) is 33.3 Å². The van der Waals surface area contributed by atoms with Crippen molar-refractivity contribution in [2.45, 2.75) is 94.9 Å². The van der Waals surface area contributed by atoms with Gasteiger partial charge in [-0.2, -0.15) is 13.2 Å². The van der Waals surface area contributed by atoms with Crippen molar-refractivity contribution in [1.82, 2.24) is 0 Å². The van der Waals surface area contributed by atoms with E-state index in [-0.39, 0.29) is 17.7 Å². The van der Waals surface area contributed by atoms with Crippen LogP contribution in [0.15, 0.2) is 53.1 Å². The average Bonchev–Trinajstić information content (AvgIpc) is 3.54. The molecule has 1 aliphatic heterocycles. The lowest BCUT2D eigenvalue weighted by molar-refractivity contribution is -0.345. The molecule has 0 radical (unpaired) electrons. The summed E-state index contributed by atoms with van der Waals surface area (Å²) in [7, 11) is 0. The van der Waals surface area contributed by atoms with E-state index in [2.05, 4.69) is 0 Å². The van der Waals surface area contributed by atoms with E-state index in [1.807, 2.05) is 0 Å². The number of benzene rings is 1. The second-order valence-corrected chi connectivity index (χ2v) is 12.6. The Morgan fingerprint density at radius 3 is 2.13 bits per heavy atom. The maximum Gasteiger partial charge on any atom is 0.490 e. The van der Waals surface area contributed by atoms with Crippen LogP contribution in [0, 0.1) is 11.3 Å². The number of hydrogen-bond acceptors (Lipinski definition) is 11. The van der Waals surface area contributed by atoms with E-state index in [1.165, 1.54) is 58.2 Å². The van der Waals surface area contributed by atoms with Gasteiger partial charge in [0.2, 0.25) is 5.76 Å². The molecule has 1 aromatic carbocycles. The van der Waals surface area contributed by atoms with Crippen LogP contribution in [0.4, 0.5) is 13.2 Å². The van der Waals surface area contributed by atoms with Gasteiger partial charge < -0.3 is 33.2 Å². The lowest BCUT2D eigenvalue weighted by Crippen LogP contribution is -2.81. The number of rotatable bonds is 6. The molecule has 1 saturated heterocycles. The molecule has 3 fully saturated rings. The summed E-state index contributed by atoms with van der Waals surface area (Å²) in [6.45, 7) is 6.76. The summed E-state index contributed by atoms with van der Waals surface area (Å²) in [4.78, 5) is 51.5. The second kappa shape index (κ2) is 10.9. The number of ether oxygens (including phenoxy) is 5. The van der Waals surface area contributed by atoms with Crippen molar-refractivity contribution in [3.63, 3.8) is 0 Å². The number of halogens is 3. The average molecular weight is 639 g/mol. The van der Waals surface area contributed by atoms with E-state index in [0.717, 1.165) is 6.92 Å². The molecule has 2 aromatic rings. The largest absolute Gasteiger partial charge is 0.490 e. The Labute approximate surface area is 255 Å². The van der Waals surface area contributed by atoms with Crippen LogP contribution in [0.5, 0.6) is 0 Å². The van der Waals surface area contributed by atoms with Crippen molar-refractivity contribution in [2.75, 3.05) is 0 Å². The van der Waals surface area contributed by atoms with Gasteiger partial charge in [0.25, 0.3) is 0 Å². The van der Waals surface area contributed by atoms with Crippen LogP contribution in [0.1, 0.15) is 68.4 Å². The number of furan rings is 1. The fourth-order valence-electron chi connectivity index (χ4n) is 7.52. The minimum absolute atomic E-state index is 0.129. The highest BCUT2D eigenvalue weighted by Crippen LogP contribution is 2.69. The van der Waals surface area contributed by atoms with E-state index in [0.29, 0.717) is 0 Å². The predicted octanol–water partition coefficient (Wildman–Crippen LogP) is 4.16. The molecule has 2 unspecified atom stereocenters. The fourth-order valence-corrected chi connectivity index (χ4v) is 7.52. The topological polar surface area (TPSA) is 148 Å². The molecule has 11 nitrogen and oxygen atoms in total. The van der Waals surface area contributed by atoms with Gasteiger partial charge in [0.05, 0.1) is 28.4 Å². The third-order valence-electron chi connectivity index (χ3n) is 9.35. The minimum Gasteiger partial charge on any atom is -0.458 e. The first-order valence-corrected chi connectivity index (χ1v) is 14.2. The van der Waals surface area contributed by atoms with E-state index >= 15 is 0 Å². The van der Waals surface area contributed by atoms with Crippen molar-refractivity contribution in [3.8, 4) is 0 Å². The lowest BCUT2D eigenvalue weighted by Gasteiger charge is -2.65. The van der Waals surface area contributed by atoms with E-state index in [1.54, 1.807) is 18.2 Å². The molecule has 2 bridgehead atoms. The van der Waals surface area contributed by atoms with Gasteiger partial charge in [-0.3, -0.25) is 4.79 Å². The highest BCUT2D eigenvalue weighted by molar-refractivity contribution is 5.89. The molecule has 8 atom stereocenters. The molecule has 0 amide bonds. The molecule has 45 heavy (non-hydrogen) atoms. The van der Waals surface area contributed by atoms with Crippen LogP contribution in [0.2, 0.25) is 0 Å². The number of carbonyl (C=O) groups excluding carboxylic acids is 4. The quantitative estimate of drug-likeness (QED) is 0.359. The highest BCUT2D eigenvalue weighted by Gasteiger charge is 2.84. The number of esters is 4. The first-order chi connectivity index (χ1) is 20.8. The van der Waals surface area contributed by atoms with E-state index < -0.39 is 89.0 Å². The fraction of sp³-hybridized carbons (Fsp3) is 0.548. The summed E-state index contributed by atoms with van der Waals surface area (Å²) in [6.07, 6.45) is -11.1. The lowest BCUT2D eigenvalue weighted by atomic mass is 9.47. The SMILES string of the molecule is CC(=O)O[C@H]1[C@@H](OC(=O)c2ccccc2)C[C@](C)(O)C23OC(C)(C)C(C[C@H](OC(=O)c4ccco4)[C@]12C)[C@H]3OC(=O)C(F)(F)F. The zero-order valence-electron chi connectivity index (χ0n) is 25.1. The van der Waals surface area contributed by atoms with Gasteiger partial charge in [0.15, 0.2) is 6.10 Å². The number of aliphatic hydroxyl groups is 1. The van der Waals surface area contributed by atoms with E-state index in [9.17, 15) is 37.5 Å². The Morgan fingerprint density at radius 2 is 1.56 bits per heavy atom. The molecular weight excluding hydrogens is 605 g/mol. The maximum atomic E-state index is 13.6. The van der Waals surface area contributed by atoms with Crippen molar-refractivity contribution in [2.24, 2.45) is 11.3 Å². The molecule has 2 heterocycles. The number of fused-ring (bicyclic) bond motifs is 1. The monoisotopic (exact) mass is 638 g/mol. The number of carbonyl (C=O) groups is 4. The van der Waals surface area contributed by atoms with Gasteiger partial charge >= 0.3 is 30.1 Å². The van der Waals surface area contributed by atoms with Crippen molar-refractivity contribution < 1.29 is 65.6 Å². The van der Waals surface area contributed by atoms with Gasteiger partial charge in [0.1, 0.15) is 23.9 Å². The maximum absolute atomic E-state index is 13.6. The molecule has 14 heteroatoms. The van der Waals surface area contributed by atoms with Crippen LogP contribution >= 0.6 is 0 Å². The minimum atomic E-state index is -5.40. The van der Waals surface area contributed by atoms with Crippen LogP contribution in [0.3, 0.4) is 0 Å².